The SMILES string of the molecule is CC(NC(=O)c1ccc(C(=O)NCCc2ccc(F)cc2)cc1)c1ccccc1. The molecule has 0 aliphatic heterocycles. The maximum absolute atomic E-state index is 12.9. The average Bonchev–Trinajstić information content (AvgIpc) is 2.75. The second kappa shape index (κ2) is 9.64. The lowest BCUT2D eigenvalue weighted by Crippen LogP contribution is -2.27. The van der Waals surface area contributed by atoms with Crippen LogP contribution in [0.3, 0.4) is 0 Å². The summed E-state index contributed by atoms with van der Waals surface area (Å²) in [5.74, 6) is -0.679. The Labute approximate surface area is 169 Å². The standard InChI is InChI=1S/C24H23FN2O2/c1-17(19-5-3-2-4-6-19)27-24(29)21-11-9-20(10-12-21)23(28)26-16-15-18-7-13-22(25)14-8-18/h2-14,17H,15-16H2,1H3,(H,26,28)(H,27,29). The quantitative estimate of drug-likeness (QED) is 0.632. The van der Waals surface area contributed by atoms with Gasteiger partial charge in [0.2, 0.25) is 0 Å². The highest BCUT2D eigenvalue weighted by molar-refractivity contribution is 5.97. The first kappa shape index (κ1) is 20.3. The van der Waals surface area contributed by atoms with Gasteiger partial charge in [-0.3, -0.25) is 9.59 Å². The molecule has 2 N–H and O–H groups in total. The van der Waals surface area contributed by atoms with Gasteiger partial charge < -0.3 is 10.6 Å². The van der Waals surface area contributed by atoms with Crippen LogP contribution in [0.2, 0.25) is 0 Å². The summed E-state index contributed by atoms with van der Waals surface area (Å²) in [7, 11) is 0. The van der Waals surface area contributed by atoms with Crippen molar-refractivity contribution in [2.75, 3.05) is 6.54 Å². The number of hydrogen-bond donors (Lipinski definition) is 2. The van der Waals surface area contributed by atoms with Gasteiger partial charge in [-0.15, -0.1) is 0 Å². The van der Waals surface area contributed by atoms with Crippen LogP contribution >= 0.6 is 0 Å². The fourth-order valence-electron chi connectivity index (χ4n) is 2.95. The third-order valence-corrected chi connectivity index (χ3v) is 4.67. The van der Waals surface area contributed by atoms with E-state index in [1.165, 1.54) is 12.1 Å². The molecule has 0 aromatic heterocycles. The number of carbonyl (C=O) groups is 2. The molecule has 0 fully saturated rings. The molecule has 2 amide bonds. The lowest BCUT2D eigenvalue weighted by molar-refractivity contribution is 0.0933. The molecule has 3 aromatic carbocycles. The molecule has 0 bridgehead atoms. The van der Waals surface area contributed by atoms with Crippen LogP contribution in [0.4, 0.5) is 4.39 Å². The van der Waals surface area contributed by atoms with Crippen molar-refractivity contribution in [1.29, 1.82) is 0 Å². The van der Waals surface area contributed by atoms with E-state index >= 15 is 0 Å². The van der Waals surface area contributed by atoms with Gasteiger partial charge in [0, 0.05) is 17.7 Å². The summed E-state index contributed by atoms with van der Waals surface area (Å²) >= 11 is 0. The van der Waals surface area contributed by atoms with E-state index in [2.05, 4.69) is 10.6 Å². The van der Waals surface area contributed by atoms with E-state index in [0.717, 1.165) is 11.1 Å². The first-order valence-corrected chi connectivity index (χ1v) is 9.51. The molecule has 0 radical (unpaired) electrons. The number of benzene rings is 3. The maximum Gasteiger partial charge on any atom is 0.251 e. The van der Waals surface area contributed by atoms with E-state index < -0.39 is 0 Å². The minimum atomic E-state index is -0.278. The van der Waals surface area contributed by atoms with Crippen molar-refractivity contribution in [3.63, 3.8) is 0 Å². The van der Waals surface area contributed by atoms with Gasteiger partial charge in [-0.2, -0.15) is 0 Å². The van der Waals surface area contributed by atoms with Gasteiger partial charge in [0.05, 0.1) is 6.04 Å². The van der Waals surface area contributed by atoms with Crippen LogP contribution in [-0.2, 0) is 6.42 Å². The Morgan fingerprint density at radius 3 is 2.03 bits per heavy atom. The van der Waals surface area contributed by atoms with Crippen molar-refractivity contribution in [1.82, 2.24) is 10.6 Å². The molecule has 0 saturated heterocycles. The van der Waals surface area contributed by atoms with E-state index in [1.54, 1.807) is 36.4 Å². The van der Waals surface area contributed by atoms with Crippen molar-refractivity contribution < 1.29 is 14.0 Å². The Morgan fingerprint density at radius 1 is 0.828 bits per heavy atom. The molecule has 0 aliphatic rings. The van der Waals surface area contributed by atoms with Crippen LogP contribution in [0.1, 0.15) is 44.8 Å². The molecule has 0 spiro atoms. The molecule has 3 rings (SSSR count). The van der Waals surface area contributed by atoms with E-state index in [9.17, 15) is 14.0 Å². The van der Waals surface area contributed by atoms with E-state index in [0.29, 0.717) is 24.1 Å². The number of nitrogens with one attached hydrogen (secondary N) is 2. The number of halogens is 1. The van der Waals surface area contributed by atoms with Crippen molar-refractivity contribution in [3.8, 4) is 0 Å². The predicted octanol–water partition coefficient (Wildman–Crippen LogP) is 4.29. The smallest absolute Gasteiger partial charge is 0.251 e. The Hall–Kier alpha value is -3.47. The van der Waals surface area contributed by atoms with Gasteiger partial charge in [0.1, 0.15) is 5.82 Å². The summed E-state index contributed by atoms with van der Waals surface area (Å²) in [6.07, 6.45) is 0.615. The fraction of sp³-hybridized carbons (Fsp3) is 0.167. The molecular weight excluding hydrogens is 367 g/mol. The largest absolute Gasteiger partial charge is 0.352 e. The van der Waals surface area contributed by atoms with Crippen molar-refractivity contribution in [2.24, 2.45) is 0 Å². The molecule has 5 heteroatoms. The second-order valence-electron chi connectivity index (χ2n) is 6.82. The van der Waals surface area contributed by atoms with Crippen LogP contribution in [0.5, 0.6) is 0 Å². The Morgan fingerprint density at radius 2 is 1.41 bits per heavy atom. The molecule has 29 heavy (non-hydrogen) atoms. The van der Waals surface area contributed by atoms with Gasteiger partial charge >= 0.3 is 0 Å². The second-order valence-corrected chi connectivity index (χ2v) is 6.82. The van der Waals surface area contributed by atoms with Crippen LogP contribution in [0.15, 0.2) is 78.9 Å². The van der Waals surface area contributed by atoms with E-state index in [1.807, 2.05) is 37.3 Å². The van der Waals surface area contributed by atoms with E-state index in [-0.39, 0.29) is 23.7 Å². The zero-order valence-corrected chi connectivity index (χ0v) is 16.2. The molecule has 3 aromatic rings. The van der Waals surface area contributed by atoms with Crippen LogP contribution in [0, 0.1) is 5.82 Å². The summed E-state index contributed by atoms with van der Waals surface area (Å²) in [5.41, 5.74) is 2.96. The van der Waals surface area contributed by atoms with E-state index in [4.69, 9.17) is 0 Å². The average molecular weight is 390 g/mol. The van der Waals surface area contributed by atoms with Gasteiger partial charge in [0.25, 0.3) is 11.8 Å². The van der Waals surface area contributed by atoms with Gasteiger partial charge in [0.15, 0.2) is 0 Å². The van der Waals surface area contributed by atoms with Crippen molar-refractivity contribution in [3.05, 3.63) is 107 Å². The lowest BCUT2D eigenvalue weighted by Gasteiger charge is -2.14. The molecule has 1 atom stereocenters. The van der Waals surface area contributed by atoms with Crippen LogP contribution < -0.4 is 10.6 Å². The highest BCUT2D eigenvalue weighted by Crippen LogP contribution is 2.13. The Balaban J connectivity index is 1.51. The molecule has 1 unspecified atom stereocenters. The third-order valence-electron chi connectivity index (χ3n) is 4.67. The summed E-state index contributed by atoms with van der Waals surface area (Å²) in [5, 5.41) is 5.78. The maximum atomic E-state index is 12.9. The molecule has 148 valence electrons. The minimum Gasteiger partial charge on any atom is -0.352 e. The topological polar surface area (TPSA) is 58.2 Å². The Bertz CT molecular complexity index is 954. The van der Waals surface area contributed by atoms with Gasteiger partial charge in [-0.25, -0.2) is 4.39 Å². The Kier molecular flexibility index (Phi) is 6.74. The first-order valence-electron chi connectivity index (χ1n) is 9.51. The zero-order valence-electron chi connectivity index (χ0n) is 16.2. The van der Waals surface area contributed by atoms with Crippen molar-refractivity contribution in [2.45, 2.75) is 19.4 Å². The predicted molar refractivity (Wildman–Crippen MR) is 111 cm³/mol. The van der Waals surface area contributed by atoms with Crippen molar-refractivity contribution >= 4 is 11.8 Å². The van der Waals surface area contributed by atoms with Gasteiger partial charge in [-0.1, -0.05) is 42.5 Å². The monoisotopic (exact) mass is 390 g/mol. The molecule has 4 nitrogen and oxygen atoms in total. The summed E-state index contributed by atoms with van der Waals surface area (Å²) in [6.45, 7) is 2.37. The zero-order chi connectivity index (χ0) is 20.6. The minimum absolute atomic E-state index is 0.113. The molecular formula is C24H23FN2O2. The molecule has 0 heterocycles. The number of carbonyl (C=O) groups excluding carboxylic acids is 2. The molecule has 0 aliphatic carbocycles. The fourth-order valence-corrected chi connectivity index (χ4v) is 2.95. The van der Waals surface area contributed by atoms with Crippen LogP contribution in [-0.4, -0.2) is 18.4 Å². The third kappa shape index (κ3) is 5.75. The normalized spacial score (nSPS) is 11.5. The number of amides is 2. The summed E-state index contributed by atoms with van der Waals surface area (Å²) in [6, 6.07) is 22.4. The summed E-state index contributed by atoms with van der Waals surface area (Å²) in [4.78, 5) is 24.7. The van der Waals surface area contributed by atoms with Crippen LogP contribution in [0.25, 0.3) is 0 Å². The lowest BCUT2D eigenvalue weighted by atomic mass is 10.1. The highest BCUT2D eigenvalue weighted by Gasteiger charge is 2.12. The first-order chi connectivity index (χ1) is 14.0. The summed E-state index contributed by atoms with van der Waals surface area (Å²) < 4.78 is 12.9. The number of hydrogen-bond acceptors (Lipinski definition) is 2. The highest BCUT2D eigenvalue weighted by atomic mass is 19.1. The number of rotatable bonds is 7. The molecule has 0 saturated carbocycles. The van der Waals surface area contributed by atoms with Gasteiger partial charge in [-0.05, 0) is 60.9 Å².